The number of rotatable bonds is 8. The van der Waals surface area contributed by atoms with Crippen molar-refractivity contribution in [3.8, 4) is 17.3 Å². The summed E-state index contributed by atoms with van der Waals surface area (Å²) in [6, 6.07) is 3.34. The second-order valence-corrected chi connectivity index (χ2v) is 19.5. The standard InChI is InChI=1S/C32H43F3N6O8Si/c1-31(2,3)49-30(46)38-21-10-8-9-11-22(27(42)43)41(28(44)32(33,34)35)23-16-19(37-29(45)47-4)12-13-20(23)25-24(17-36)40(26(21)39-25)18-48-14-15-50(5,6)7/h12-13,16,21-22H,8-11,14-15,18H2,1-7H3,(H,37,45)(H,38,46)(H,42,43)/t21-,22+/m0/s1. The van der Waals surface area contributed by atoms with Gasteiger partial charge in [0.15, 0.2) is 0 Å². The lowest BCUT2D eigenvalue weighted by molar-refractivity contribution is -0.171. The number of amides is 3. The number of methoxy groups -OCH3 is 1. The number of ether oxygens (including phenoxy) is 3. The number of hydrogen-bond donors (Lipinski definition) is 3. The Balaban J connectivity index is 2.39. The van der Waals surface area contributed by atoms with E-state index in [1.54, 1.807) is 20.8 Å². The van der Waals surface area contributed by atoms with Crippen LogP contribution in [0.2, 0.25) is 25.7 Å². The number of carbonyl (C=O) groups is 4. The highest BCUT2D eigenvalue weighted by molar-refractivity contribution is 6.76. The molecule has 50 heavy (non-hydrogen) atoms. The SMILES string of the molecule is COC(=O)Nc1ccc2c(c1)N(C(=O)C(F)(F)F)[C@@H](C(=O)O)CCCC[C@H](NC(=O)OC(C)(C)C)c1nc-2c(C#N)n1COCC[Si](C)(C)C. The first-order valence-corrected chi connectivity index (χ1v) is 19.6. The molecule has 0 fully saturated rings. The van der Waals surface area contributed by atoms with Gasteiger partial charge in [-0.2, -0.15) is 18.4 Å². The molecule has 3 rings (SSSR count). The van der Waals surface area contributed by atoms with Crippen molar-refractivity contribution in [2.75, 3.05) is 23.9 Å². The average Bonchev–Trinajstić information content (AvgIpc) is 3.35. The summed E-state index contributed by atoms with van der Waals surface area (Å²) >= 11 is 0. The first-order valence-electron chi connectivity index (χ1n) is 15.9. The summed E-state index contributed by atoms with van der Waals surface area (Å²) in [5, 5.41) is 25.8. The fourth-order valence-electron chi connectivity index (χ4n) is 5.20. The van der Waals surface area contributed by atoms with Gasteiger partial charge in [0.25, 0.3) is 0 Å². The van der Waals surface area contributed by atoms with Gasteiger partial charge in [-0.3, -0.25) is 19.6 Å². The highest BCUT2D eigenvalue weighted by atomic mass is 28.3. The fourth-order valence-corrected chi connectivity index (χ4v) is 5.96. The van der Waals surface area contributed by atoms with Crippen LogP contribution in [0.3, 0.4) is 0 Å². The monoisotopic (exact) mass is 724 g/mol. The van der Waals surface area contributed by atoms with Crippen LogP contribution in [-0.2, 0) is 30.5 Å². The molecule has 1 aliphatic rings. The number of alkyl halides is 3. The summed E-state index contributed by atoms with van der Waals surface area (Å²) in [4.78, 5) is 55.5. The van der Waals surface area contributed by atoms with Gasteiger partial charge in [-0.25, -0.2) is 19.4 Å². The van der Waals surface area contributed by atoms with E-state index in [0.717, 1.165) is 19.2 Å². The topological polar surface area (TPSA) is 185 Å². The molecule has 2 atom stereocenters. The number of carboxylic acids is 1. The van der Waals surface area contributed by atoms with Crippen LogP contribution in [0.25, 0.3) is 11.3 Å². The number of aliphatic carboxylic acids is 1. The summed E-state index contributed by atoms with van der Waals surface area (Å²) in [6.45, 7) is 11.6. The average molecular weight is 725 g/mol. The maximum absolute atomic E-state index is 14.2. The maximum atomic E-state index is 14.2. The Morgan fingerprint density at radius 1 is 1.10 bits per heavy atom. The number of hydrogen-bond acceptors (Lipinski definition) is 9. The zero-order valence-corrected chi connectivity index (χ0v) is 30.1. The minimum Gasteiger partial charge on any atom is -0.480 e. The van der Waals surface area contributed by atoms with Crippen molar-refractivity contribution in [3.63, 3.8) is 0 Å². The van der Waals surface area contributed by atoms with Gasteiger partial charge in [-0.15, -0.1) is 0 Å². The van der Waals surface area contributed by atoms with Gasteiger partial charge in [0, 0.05) is 25.9 Å². The predicted molar refractivity (Wildman–Crippen MR) is 178 cm³/mol. The van der Waals surface area contributed by atoms with Crippen molar-refractivity contribution in [1.82, 2.24) is 14.9 Å². The summed E-state index contributed by atoms with van der Waals surface area (Å²) in [7, 11) is -0.483. The molecule has 0 unspecified atom stereocenters. The lowest BCUT2D eigenvalue weighted by atomic mass is 9.99. The van der Waals surface area contributed by atoms with Crippen molar-refractivity contribution in [3.05, 3.63) is 29.7 Å². The van der Waals surface area contributed by atoms with E-state index in [2.05, 4.69) is 40.0 Å². The normalized spacial score (nSPS) is 16.9. The molecule has 3 N–H and O–H groups in total. The summed E-state index contributed by atoms with van der Waals surface area (Å²) in [5.74, 6) is -4.07. The van der Waals surface area contributed by atoms with E-state index in [0.29, 0.717) is 6.61 Å². The van der Waals surface area contributed by atoms with Crippen molar-refractivity contribution in [2.45, 2.75) is 103 Å². The molecule has 0 aliphatic carbocycles. The Kier molecular flexibility index (Phi) is 12.7. The molecule has 2 bridgehead atoms. The van der Waals surface area contributed by atoms with Gasteiger partial charge >= 0.3 is 30.2 Å². The Labute approximate surface area is 288 Å². The first-order chi connectivity index (χ1) is 23.2. The minimum absolute atomic E-state index is 0.00587. The Morgan fingerprint density at radius 2 is 1.76 bits per heavy atom. The number of benzene rings is 1. The van der Waals surface area contributed by atoms with Gasteiger partial charge in [0.05, 0.1) is 18.8 Å². The molecule has 0 spiro atoms. The van der Waals surface area contributed by atoms with Gasteiger partial charge in [-0.05, 0) is 57.9 Å². The number of fused-ring (bicyclic) bond motifs is 4. The molecule has 14 nitrogen and oxygen atoms in total. The van der Waals surface area contributed by atoms with Gasteiger partial charge in [0.1, 0.15) is 41.7 Å². The van der Waals surface area contributed by atoms with Crippen molar-refractivity contribution >= 4 is 43.5 Å². The third-order valence-corrected chi connectivity index (χ3v) is 9.25. The number of nitriles is 1. The second kappa shape index (κ2) is 15.9. The molecule has 18 heteroatoms. The third kappa shape index (κ3) is 10.4. The number of carboxylic acid groups (broad SMARTS) is 1. The summed E-state index contributed by atoms with van der Waals surface area (Å²) < 4.78 is 60.0. The molecule has 2 heterocycles. The molecule has 1 aliphatic heterocycles. The Hall–Kier alpha value is -4.63. The van der Waals surface area contributed by atoms with E-state index in [4.69, 9.17) is 9.47 Å². The minimum atomic E-state index is -5.51. The number of carbonyl (C=O) groups excluding carboxylic acids is 3. The summed E-state index contributed by atoms with van der Waals surface area (Å²) in [5.41, 5.74) is -2.21. The van der Waals surface area contributed by atoms with E-state index in [1.165, 1.54) is 16.7 Å². The molecule has 274 valence electrons. The zero-order chi connectivity index (χ0) is 37.6. The lowest BCUT2D eigenvalue weighted by Crippen LogP contribution is -2.51. The molecular formula is C32H43F3N6O8Si. The lowest BCUT2D eigenvalue weighted by Gasteiger charge is -2.32. The van der Waals surface area contributed by atoms with Crippen LogP contribution in [0.1, 0.15) is 64.0 Å². The number of halogens is 3. The molecule has 3 amide bonds. The molecule has 1 aromatic carbocycles. The highest BCUT2D eigenvalue weighted by Gasteiger charge is 2.48. The van der Waals surface area contributed by atoms with E-state index < -0.39 is 68.1 Å². The van der Waals surface area contributed by atoms with Gasteiger partial charge in [-0.1, -0.05) is 32.5 Å². The fraction of sp³-hybridized carbons (Fsp3) is 0.562. The molecule has 2 aromatic rings. The Bertz CT molecular complexity index is 1630. The number of aromatic nitrogens is 2. The van der Waals surface area contributed by atoms with E-state index in [-0.39, 0.29) is 59.4 Å². The van der Waals surface area contributed by atoms with Gasteiger partial charge in [0.2, 0.25) is 0 Å². The van der Waals surface area contributed by atoms with Crippen molar-refractivity contribution in [2.24, 2.45) is 0 Å². The van der Waals surface area contributed by atoms with E-state index in [1.807, 2.05) is 6.07 Å². The molecule has 0 saturated carbocycles. The molecule has 0 radical (unpaired) electrons. The van der Waals surface area contributed by atoms with Crippen LogP contribution in [0.15, 0.2) is 18.2 Å². The van der Waals surface area contributed by atoms with Crippen LogP contribution < -0.4 is 15.5 Å². The number of nitrogens with zero attached hydrogens (tertiary/aromatic N) is 4. The number of imidazole rings is 1. The second-order valence-electron chi connectivity index (χ2n) is 13.9. The maximum Gasteiger partial charge on any atom is 0.471 e. The predicted octanol–water partition coefficient (Wildman–Crippen LogP) is 6.40. The number of alkyl carbamates (subject to hydrolysis) is 1. The highest BCUT2D eigenvalue weighted by Crippen LogP contribution is 2.40. The first kappa shape index (κ1) is 39.8. The van der Waals surface area contributed by atoms with Crippen LogP contribution in [-0.4, -0.2) is 78.3 Å². The van der Waals surface area contributed by atoms with Crippen LogP contribution in [0.4, 0.5) is 34.1 Å². The number of anilines is 2. The van der Waals surface area contributed by atoms with Gasteiger partial charge < -0.3 is 24.6 Å². The quantitative estimate of drug-likeness (QED) is 0.203. The summed E-state index contributed by atoms with van der Waals surface area (Å²) in [6.07, 6.45) is -7.43. The van der Waals surface area contributed by atoms with E-state index in [9.17, 15) is 42.7 Å². The smallest absolute Gasteiger partial charge is 0.471 e. The number of nitrogens with one attached hydrogen (secondary N) is 2. The molecule has 0 saturated heterocycles. The van der Waals surface area contributed by atoms with E-state index >= 15 is 0 Å². The zero-order valence-electron chi connectivity index (χ0n) is 29.1. The van der Waals surface area contributed by atoms with Crippen molar-refractivity contribution in [1.29, 1.82) is 5.26 Å². The largest absolute Gasteiger partial charge is 0.480 e. The van der Waals surface area contributed by atoms with Crippen LogP contribution in [0.5, 0.6) is 0 Å². The molecule has 1 aromatic heterocycles. The van der Waals surface area contributed by atoms with Crippen LogP contribution >= 0.6 is 0 Å². The molecular weight excluding hydrogens is 681 g/mol. The Morgan fingerprint density at radius 3 is 2.32 bits per heavy atom. The van der Waals surface area contributed by atoms with Crippen LogP contribution in [0, 0.1) is 11.3 Å². The van der Waals surface area contributed by atoms with Crippen molar-refractivity contribution < 1.29 is 51.7 Å². The third-order valence-electron chi connectivity index (χ3n) is 7.55.